The fraction of sp³-hybridized carbons (Fsp3) is 0.391. The first-order valence-electron chi connectivity index (χ1n) is 9.61. The summed E-state index contributed by atoms with van der Waals surface area (Å²) < 4.78 is 19.7. The number of nitrogens with one attached hydrogen (secondary N) is 1. The molecule has 2 aromatic carbocycles. The van der Waals surface area contributed by atoms with Crippen molar-refractivity contribution < 1.29 is 18.7 Å². The van der Waals surface area contributed by atoms with Crippen LogP contribution in [0.15, 0.2) is 48.5 Å². The molecule has 0 saturated heterocycles. The number of halogens is 1. The van der Waals surface area contributed by atoms with Crippen LogP contribution in [-0.4, -0.2) is 36.4 Å². The van der Waals surface area contributed by atoms with Crippen molar-refractivity contribution in [3.05, 3.63) is 65.5 Å². The first-order valence-corrected chi connectivity index (χ1v) is 9.61. The van der Waals surface area contributed by atoms with Gasteiger partial charge < -0.3 is 15.0 Å². The number of ether oxygens (including phenoxy) is 1. The van der Waals surface area contributed by atoms with Gasteiger partial charge in [0.25, 0.3) is 5.91 Å². The van der Waals surface area contributed by atoms with Crippen LogP contribution in [0.1, 0.15) is 38.8 Å². The highest BCUT2D eigenvalue weighted by atomic mass is 19.1. The first kappa shape index (κ1) is 22.4. The predicted molar refractivity (Wildman–Crippen MR) is 111 cm³/mol. The zero-order chi connectivity index (χ0) is 21.6. The topological polar surface area (TPSA) is 58.6 Å². The average Bonchev–Trinajstić information content (AvgIpc) is 2.70. The molecule has 2 amide bonds. The zero-order valence-electron chi connectivity index (χ0n) is 17.7. The second-order valence-electron chi connectivity index (χ2n) is 7.97. The number of likely N-dealkylation sites (N-methyl/N-ethyl adjacent to an activating group) is 1. The van der Waals surface area contributed by atoms with Crippen molar-refractivity contribution in [2.24, 2.45) is 0 Å². The van der Waals surface area contributed by atoms with E-state index in [-0.39, 0.29) is 24.5 Å². The lowest BCUT2D eigenvalue weighted by atomic mass is 9.87. The van der Waals surface area contributed by atoms with E-state index < -0.39 is 17.8 Å². The van der Waals surface area contributed by atoms with Crippen molar-refractivity contribution in [3.63, 3.8) is 0 Å². The molecule has 0 aliphatic carbocycles. The van der Waals surface area contributed by atoms with Crippen LogP contribution in [-0.2, 0) is 21.5 Å². The largest absolute Gasteiger partial charge is 0.484 e. The van der Waals surface area contributed by atoms with Crippen LogP contribution in [0.25, 0.3) is 0 Å². The van der Waals surface area contributed by atoms with Gasteiger partial charge in [0.2, 0.25) is 5.91 Å². The lowest BCUT2D eigenvalue weighted by Crippen LogP contribution is -2.48. The molecule has 0 spiro atoms. The zero-order valence-corrected chi connectivity index (χ0v) is 17.7. The molecule has 1 atom stereocenters. The predicted octanol–water partition coefficient (Wildman–Crippen LogP) is 3.67. The van der Waals surface area contributed by atoms with E-state index in [0.717, 1.165) is 5.56 Å². The SMILES string of the molecule is CNC(=O)C(C)N(Cc1ccccc1F)C(=O)COc1ccc(C(C)(C)C)cc1. The molecule has 0 fully saturated rings. The summed E-state index contributed by atoms with van der Waals surface area (Å²) in [4.78, 5) is 26.2. The van der Waals surface area contributed by atoms with E-state index in [4.69, 9.17) is 4.74 Å². The second kappa shape index (κ2) is 9.54. The van der Waals surface area contributed by atoms with Gasteiger partial charge in [-0.05, 0) is 36.1 Å². The lowest BCUT2D eigenvalue weighted by molar-refractivity contribution is -0.142. The van der Waals surface area contributed by atoms with Gasteiger partial charge in [-0.25, -0.2) is 4.39 Å². The molecule has 29 heavy (non-hydrogen) atoms. The molecule has 156 valence electrons. The highest BCUT2D eigenvalue weighted by Gasteiger charge is 2.26. The summed E-state index contributed by atoms with van der Waals surface area (Å²) in [5.41, 5.74) is 1.52. The van der Waals surface area contributed by atoms with E-state index in [0.29, 0.717) is 11.3 Å². The number of nitrogens with zero attached hydrogens (tertiary/aromatic N) is 1. The molecule has 0 aliphatic rings. The van der Waals surface area contributed by atoms with Crippen molar-refractivity contribution in [2.75, 3.05) is 13.7 Å². The van der Waals surface area contributed by atoms with Crippen LogP contribution in [0.4, 0.5) is 4.39 Å². The molecule has 0 aliphatic heterocycles. The van der Waals surface area contributed by atoms with Gasteiger partial charge in [0.1, 0.15) is 17.6 Å². The van der Waals surface area contributed by atoms with Crippen molar-refractivity contribution in [3.8, 4) is 5.75 Å². The number of hydrogen-bond donors (Lipinski definition) is 1. The van der Waals surface area contributed by atoms with Crippen LogP contribution in [0.3, 0.4) is 0 Å². The lowest BCUT2D eigenvalue weighted by Gasteiger charge is -2.28. The summed E-state index contributed by atoms with van der Waals surface area (Å²) in [7, 11) is 1.50. The standard InChI is InChI=1S/C23H29FN2O3/c1-16(22(28)25-5)26(14-17-8-6-7-9-20(17)24)21(27)15-29-19-12-10-18(11-13-19)23(2,3)4/h6-13,16H,14-15H2,1-5H3,(H,25,28). The van der Waals surface area contributed by atoms with Crippen molar-refractivity contribution in [2.45, 2.75) is 45.7 Å². The molecule has 1 unspecified atom stereocenters. The van der Waals surface area contributed by atoms with E-state index in [9.17, 15) is 14.0 Å². The minimum atomic E-state index is -0.765. The molecule has 0 aromatic heterocycles. The van der Waals surface area contributed by atoms with Gasteiger partial charge in [0.05, 0.1) is 0 Å². The van der Waals surface area contributed by atoms with Crippen LogP contribution < -0.4 is 10.1 Å². The van der Waals surface area contributed by atoms with Gasteiger partial charge in [0.15, 0.2) is 6.61 Å². The van der Waals surface area contributed by atoms with E-state index in [1.807, 2.05) is 24.3 Å². The molecule has 2 aromatic rings. The molecular formula is C23H29FN2O3. The van der Waals surface area contributed by atoms with Crippen LogP contribution in [0.5, 0.6) is 5.75 Å². The van der Waals surface area contributed by atoms with Crippen molar-refractivity contribution >= 4 is 11.8 Å². The molecule has 2 rings (SSSR count). The molecule has 0 heterocycles. The number of benzene rings is 2. The van der Waals surface area contributed by atoms with Gasteiger partial charge in [-0.1, -0.05) is 51.1 Å². The summed E-state index contributed by atoms with van der Waals surface area (Å²) in [6.07, 6.45) is 0. The summed E-state index contributed by atoms with van der Waals surface area (Å²) in [5, 5.41) is 2.53. The Morgan fingerprint density at radius 3 is 2.28 bits per heavy atom. The number of rotatable bonds is 7. The third-order valence-electron chi connectivity index (χ3n) is 4.79. The normalized spacial score (nSPS) is 12.2. The Morgan fingerprint density at radius 2 is 1.72 bits per heavy atom. The van der Waals surface area contributed by atoms with Crippen LogP contribution >= 0.6 is 0 Å². The summed E-state index contributed by atoms with van der Waals surface area (Å²) >= 11 is 0. The first-order chi connectivity index (χ1) is 13.6. The minimum absolute atomic E-state index is 0.0214. The van der Waals surface area contributed by atoms with E-state index in [2.05, 4.69) is 26.1 Å². The van der Waals surface area contributed by atoms with Gasteiger partial charge in [-0.3, -0.25) is 9.59 Å². The van der Waals surface area contributed by atoms with E-state index >= 15 is 0 Å². The van der Waals surface area contributed by atoms with Crippen LogP contribution in [0.2, 0.25) is 0 Å². The van der Waals surface area contributed by atoms with Gasteiger partial charge in [-0.2, -0.15) is 0 Å². The Morgan fingerprint density at radius 1 is 1.10 bits per heavy atom. The summed E-state index contributed by atoms with van der Waals surface area (Å²) in [5.74, 6) is -0.591. The molecule has 5 nitrogen and oxygen atoms in total. The third-order valence-corrected chi connectivity index (χ3v) is 4.79. The Kier molecular flexibility index (Phi) is 7.37. The highest BCUT2D eigenvalue weighted by molar-refractivity contribution is 5.87. The molecule has 0 saturated carbocycles. The summed E-state index contributed by atoms with van der Waals surface area (Å²) in [6, 6.07) is 13.0. The number of amides is 2. The van der Waals surface area contributed by atoms with Crippen molar-refractivity contribution in [1.29, 1.82) is 0 Å². The molecule has 0 radical (unpaired) electrons. The maximum Gasteiger partial charge on any atom is 0.261 e. The number of hydrogen-bond acceptors (Lipinski definition) is 3. The van der Waals surface area contributed by atoms with Crippen molar-refractivity contribution in [1.82, 2.24) is 10.2 Å². The summed E-state index contributed by atoms with van der Waals surface area (Å²) in [6.45, 7) is 7.69. The molecule has 0 bridgehead atoms. The fourth-order valence-corrected chi connectivity index (χ4v) is 2.88. The van der Waals surface area contributed by atoms with Gasteiger partial charge in [0, 0.05) is 19.2 Å². The number of carbonyl (C=O) groups excluding carboxylic acids is 2. The quantitative estimate of drug-likeness (QED) is 0.772. The maximum absolute atomic E-state index is 14.1. The van der Waals surface area contributed by atoms with E-state index in [1.165, 1.54) is 18.0 Å². The average molecular weight is 400 g/mol. The number of carbonyl (C=O) groups is 2. The monoisotopic (exact) mass is 400 g/mol. The minimum Gasteiger partial charge on any atom is -0.484 e. The molecular weight excluding hydrogens is 371 g/mol. The molecule has 6 heteroatoms. The third kappa shape index (κ3) is 6.04. The Bertz CT molecular complexity index is 844. The smallest absolute Gasteiger partial charge is 0.261 e. The Hall–Kier alpha value is -2.89. The Labute approximate surface area is 171 Å². The Balaban J connectivity index is 2.12. The fourth-order valence-electron chi connectivity index (χ4n) is 2.88. The van der Waals surface area contributed by atoms with Gasteiger partial charge >= 0.3 is 0 Å². The highest BCUT2D eigenvalue weighted by Crippen LogP contribution is 2.24. The maximum atomic E-state index is 14.1. The van der Waals surface area contributed by atoms with E-state index in [1.54, 1.807) is 25.1 Å². The van der Waals surface area contributed by atoms with Crippen LogP contribution in [0, 0.1) is 5.82 Å². The second-order valence-corrected chi connectivity index (χ2v) is 7.97. The van der Waals surface area contributed by atoms with Gasteiger partial charge in [-0.15, -0.1) is 0 Å². The molecule has 1 N–H and O–H groups in total.